The average molecular weight is 305 g/mol. The fourth-order valence-electron chi connectivity index (χ4n) is 3.55. The molecule has 0 N–H and O–H groups in total. The summed E-state index contributed by atoms with van der Waals surface area (Å²) in [4.78, 5) is 26.5. The minimum Gasteiger partial charge on any atom is -0.466 e. The molecule has 0 radical (unpaired) electrons. The molecule has 120 valence electrons. The number of piperidine rings is 1. The summed E-state index contributed by atoms with van der Waals surface area (Å²) in [7, 11) is 1.90. The van der Waals surface area contributed by atoms with E-state index in [9.17, 15) is 9.59 Å². The van der Waals surface area contributed by atoms with Gasteiger partial charge in [0.25, 0.3) is 5.91 Å². The number of carbonyl (C=O) groups excluding carboxylic acids is 2. The minimum absolute atomic E-state index is 0.0345. The highest BCUT2D eigenvalue weighted by Gasteiger charge is 2.33. The van der Waals surface area contributed by atoms with Gasteiger partial charge in [-0.05, 0) is 39.0 Å². The molecule has 22 heavy (non-hydrogen) atoms. The van der Waals surface area contributed by atoms with Gasteiger partial charge in [0.15, 0.2) is 5.69 Å². The maximum atomic E-state index is 12.8. The van der Waals surface area contributed by atoms with Crippen LogP contribution in [0.25, 0.3) is 0 Å². The van der Waals surface area contributed by atoms with Crippen LogP contribution in [0.4, 0.5) is 0 Å². The van der Waals surface area contributed by atoms with Crippen molar-refractivity contribution in [1.29, 1.82) is 0 Å². The van der Waals surface area contributed by atoms with Crippen molar-refractivity contribution in [3.8, 4) is 0 Å². The van der Waals surface area contributed by atoms with Gasteiger partial charge >= 0.3 is 5.97 Å². The van der Waals surface area contributed by atoms with Crippen molar-refractivity contribution >= 4 is 11.9 Å². The van der Waals surface area contributed by atoms with Crippen LogP contribution in [-0.4, -0.2) is 46.3 Å². The number of hydrogen-bond acceptors (Lipinski definition) is 4. The van der Waals surface area contributed by atoms with Crippen molar-refractivity contribution in [3.63, 3.8) is 0 Å². The Kier molecular flexibility index (Phi) is 4.18. The van der Waals surface area contributed by atoms with E-state index in [0.717, 1.165) is 37.7 Å². The lowest BCUT2D eigenvalue weighted by atomic mass is 9.97. The van der Waals surface area contributed by atoms with Gasteiger partial charge in [-0.1, -0.05) is 0 Å². The van der Waals surface area contributed by atoms with Crippen molar-refractivity contribution in [2.75, 3.05) is 19.7 Å². The smallest absolute Gasteiger partial charge is 0.310 e. The van der Waals surface area contributed by atoms with E-state index in [1.807, 2.05) is 11.7 Å². The summed E-state index contributed by atoms with van der Waals surface area (Å²) in [6, 6.07) is 0. The topological polar surface area (TPSA) is 64.4 Å². The fraction of sp³-hybridized carbons (Fsp3) is 0.688. The van der Waals surface area contributed by atoms with E-state index in [1.54, 1.807) is 11.8 Å². The molecule has 1 aliphatic heterocycles. The second-order valence-electron chi connectivity index (χ2n) is 6.09. The molecular formula is C16H23N3O3. The minimum atomic E-state index is -0.200. The summed E-state index contributed by atoms with van der Waals surface area (Å²) in [6.07, 6.45) is 4.65. The normalized spacial score (nSPS) is 20.8. The van der Waals surface area contributed by atoms with Crippen molar-refractivity contribution in [2.24, 2.45) is 13.0 Å². The van der Waals surface area contributed by atoms with Crippen LogP contribution in [0.3, 0.4) is 0 Å². The van der Waals surface area contributed by atoms with E-state index in [0.29, 0.717) is 25.4 Å². The number of aromatic nitrogens is 2. The number of esters is 1. The van der Waals surface area contributed by atoms with Gasteiger partial charge in [0.1, 0.15) is 0 Å². The molecule has 1 aromatic heterocycles. The number of ether oxygens (including phenoxy) is 1. The van der Waals surface area contributed by atoms with Crippen LogP contribution in [-0.2, 0) is 29.4 Å². The standard InChI is InChI=1S/C16H23N3O3/c1-3-22-16(21)11-6-5-9-19(10-11)15(20)14-12-7-4-8-13(12)18(2)17-14/h11H,3-10H2,1-2H3. The van der Waals surface area contributed by atoms with Gasteiger partial charge in [-0.3, -0.25) is 14.3 Å². The van der Waals surface area contributed by atoms with Gasteiger partial charge in [0, 0.05) is 31.4 Å². The number of nitrogens with zero attached hydrogens (tertiary/aromatic N) is 3. The monoisotopic (exact) mass is 305 g/mol. The Morgan fingerprint density at radius 1 is 1.32 bits per heavy atom. The van der Waals surface area contributed by atoms with Gasteiger partial charge in [-0.25, -0.2) is 0 Å². The summed E-state index contributed by atoms with van der Waals surface area (Å²) in [5.41, 5.74) is 2.87. The molecular weight excluding hydrogens is 282 g/mol. The van der Waals surface area contributed by atoms with E-state index >= 15 is 0 Å². The largest absolute Gasteiger partial charge is 0.466 e. The number of hydrogen-bond donors (Lipinski definition) is 0. The van der Waals surface area contributed by atoms with Crippen LogP contribution < -0.4 is 0 Å². The van der Waals surface area contributed by atoms with E-state index in [2.05, 4.69) is 5.10 Å². The third-order valence-corrected chi connectivity index (χ3v) is 4.65. The molecule has 1 fully saturated rings. The number of fused-ring (bicyclic) bond motifs is 1. The first-order chi connectivity index (χ1) is 10.6. The first-order valence-corrected chi connectivity index (χ1v) is 8.12. The lowest BCUT2D eigenvalue weighted by Crippen LogP contribution is -2.43. The number of likely N-dealkylation sites (tertiary alicyclic amines) is 1. The number of aryl methyl sites for hydroxylation is 1. The number of rotatable bonds is 3. The summed E-state index contributed by atoms with van der Waals surface area (Å²) >= 11 is 0. The van der Waals surface area contributed by atoms with Gasteiger partial charge in [0.2, 0.25) is 0 Å². The van der Waals surface area contributed by atoms with Gasteiger partial charge in [0.05, 0.1) is 12.5 Å². The zero-order valence-corrected chi connectivity index (χ0v) is 13.3. The predicted molar refractivity (Wildman–Crippen MR) is 80.5 cm³/mol. The highest BCUT2D eigenvalue weighted by atomic mass is 16.5. The molecule has 1 atom stereocenters. The molecule has 1 unspecified atom stereocenters. The fourth-order valence-corrected chi connectivity index (χ4v) is 3.55. The Bertz CT molecular complexity index is 594. The van der Waals surface area contributed by atoms with Crippen LogP contribution in [0.5, 0.6) is 0 Å². The van der Waals surface area contributed by atoms with E-state index in [1.165, 1.54) is 5.69 Å². The van der Waals surface area contributed by atoms with Crippen LogP contribution in [0, 0.1) is 5.92 Å². The average Bonchev–Trinajstić information content (AvgIpc) is 3.11. The molecule has 6 heteroatoms. The molecule has 0 bridgehead atoms. The van der Waals surface area contributed by atoms with Gasteiger partial charge < -0.3 is 9.64 Å². The predicted octanol–water partition coefficient (Wildman–Crippen LogP) is 1.32. The maximum absolute atomic E-state index is 12.8. The highest BCUT2D eigenvalue weighted by molar-refractivity contribution is 5.94. The Labute approximate surface area is 130 Å². The van der Waals surface area contributed by atoms with Crippen LogP contribution in [0.2, 0.25) is 0 Å². The van der Waals surface area contributed by atoms with Crippen LogP contribution in [0.15, 0.2) is 0 Å². The van der Waals surface area contributed by atoms with Crippen molar-refractivity contribution in [2.45, 2.75) is 39.0 Å². The summed E-state index contributed by atoms with van der Waals surface area (Å²) in [5, 5.41) is 4.42. The zero-order valence-electron chi connectivity index (χ0n) is 13.3. The molecule has 1 saturated heterocycles. The first kappa shape index (κ1) is 15.1. The molecule has 2 heterocycles. The Morgan fingerprint density at radius 2 is 2.14 bits per heavy atom. The number of carbonyl (C=O) groups is 2. The second kappa shape index (κ2) is 6.10. The van der Waals surface area contributed by atoms with E-state index in [-0.39, 0.29) is 17.8 Å². The Morgan fingerprint density at radius 3 is 2.91 bits per heavy atom. The molecule has 1 aliphatic carbocycles. The van der Waals surface area contributed by atoms with Crippen molar-refractivity contribution < 1.29 is 14.3 Å². The molecule has 6 nitrogen and oxygen atoms in total. The van der Waals surface area contributed by atoms with Gasteiger partial charge in [-0.2, -0.15) is 5.10 Å². The SMILES string of the molecule is CCOC(=O)C1CCCN(C(=O)c2nn(C)c3c2CCC3)C1. The van der Waals surface area contributed by atoms with E-state index in [4.69, 9.17) is 4.74 Å². The quantitative estimate of drug-likeness (QED) is 0.790. The van der Waals surface area contributed by atoms with Crippen LogP contribution >= 0.6 is 0 Å². The highest BCUT2D eigenvalue weighted by Crippen LogP contribution is 2.27. The summed E-state index contributed by atoms with van der Waals surface area (Å²) in [5.74, 6) is -0.423. The van der Waals surface area contributed by atoms with Gasteiger partial charge in [-0.15, -0.1) is 0 Å². The van der Waals surface area contributed by atoms with Crippen LogP contribution in [0.1, 0.15) is 47.9 Å². The molecule has 2 aliphatic rings. The molecule has 1 aromatic rings. The number of amides is 1. The molecule has 1 amide bonds. The third kappa shape index (κ3) is 2.62. The second-order valence-corrected chi connectivity index (χ2v) is 6.09. The summed E-state index contributed by atoms with van der Waals surface area (Å²) in [6.45, 7) is 3.33. The molecule has 0 aromatic carbocycles. The lowest BCUT2D eigenvalue weighted by Gasteiger charge is -2.31. The molecule has 0 saturated carbocycles. The maximum Gasteiger partial charge on any atom is 0.310 e. The Balaban J connectivity index is 1.75. The summed E-state index contributed by atoms with van der Waals surface area (Å²) < 4.78 is 6.93. The van der Waals surface area contributed by atoms with E-state index < -0.39 is 0 Å². The van der Waals surface area contributed by atoms with Crippen molar-refractivity contribution in [1.82, 2.24) is 14.7 Å². The Hall–Kier alpha value is -1.85. The first-order valence-electron chi connectivity index (χ1n) is 8.12. The molecule has 3 rings (SSSR count). The zero-order chi connectivity index (χ0) is 15.7. The third-order valence-electron chi connectivity index (χ3n) is 4.65. The molecule has 0 spiro atoms. The van der Waals surface area contributed by atoms with Crippen molar-refractivity contribution in [3.05, 3.63) is 17.0 Å². The lowest BCUT2D eigenvalue weighted by molar-refractivity contribution is -0.149.